The Labute approximate surface area is 248 Å². The summed E-state index contributed by atoms with van der Waals surface area (Å²) in [6.07, 6.45) is 0.262. The number of sulfonamides is 1. The lowest BCUT2D eigenvalue weighted by Gasteiger charge is -2.35. The van der Waals surface area contributed by atoms with E-state index >= 15 is 0 Å². The zero-order chi connectivity index (χ0) is 30.2. The minimum Gasteiger partial charge on any atom is -0.350 e. The third-order valence-electron chi connectivity index (χ3n) is 6.62. The lowest BCUT2D eigenvalue weighted by molar-refractivity contribution is -0.140. The third-order valence-corrected chi connectivity index (χ3v) is 8.41. The van der Waals surface area contributed by atoms with E-state index in [2.05, 4.69) is 5.32 Å². The molecule has 8 heteroatoms. The number of benzene rings is 4. The number of para-hydroxylation sites is 1. The van der Waals surface area contributed by atoms with Crippen molar-refractivity contribution in [3.8, 4) is 0 Å². The van der Waals surface area contributed by atoms with E-state index in [-0.39, 0.29) is 23.8 Å². The maximum absolute atomic E-state index is 14.4. The quantitative estimate of drug-likeness (QED) is 0.255. The van der Waals surface area contributed by atoms with Crippen LogP contribution < -0.4 is 9.62 Å². The number of carbonyl (C=O) groups excluding carboxylic acids is 2. The molecule has 2 amide bonds. The highest BCUT2D eigenvalue weighted by Gasteiger charge is 2.35. The fourth-order valence-corrected chi connectivity index (χ4v) is 6.06. The number of amides is 2. The van der Waals surface area contributed by atoms with Gasteiger partial charge in [0.2, 0.25) is 11.8 Å². The summed E-state index contributed by atoms with van der Waals surface area (Å²) in [6.45, 7) is 5.30. The summed E-state index contributed by atoms with van der Waals surface area (Å²) in [5.41, 5.74) is 1.52. The summed E-state index contributed by atoms with van der Waals surface area (Å²) in [7, 11) is -4.10. The minimum atomic E-state index is -4.10. The van der Waals surface area contributed by atoms with Gasteiger partial charge in [-0.3, -0.25) is 13.9 Å². The lowest BCUT2D eigenvalue weighted by Crippen LogP contribution is -2.56. The molecule has 0 fully saturated rings. The molecule has 0 heterocycles. The molecule has 4 rings (SSSR count). The molecule has 0 aliphatic carbocycles. The highest BCUT2D eigenvalue weighted by atomic mass is 32.2. The lowest BCUT2D eigenvalue weighted by atomic mass is 10.0. The Hall–Kier alpha value is -4.43. The van der Waals surface area contributed by atoms with Crippen molar-refractivity contribution >= 4 is 27.5 Å². The molecule has 0 radical (unpaired) electrons. The molecule has 0 saturated carbocycles. The first-order chi connectivity index (χ1) is 20.0. The smallest absolute Gasteiger partial charge is 0.264 e. The van der Waals surface area contributed by atoms with E-state index in [4.69, 9.17) is 0 Å². The van der Waals surface area contributed by atoms with Crippen LogP contribution in [-0.2, 0) is 32.6 Å². The molecule has 0 spiro atoms. The molecular weight excluding hydrogens is 546 g/mol. The van der Waals surface area contributed by atoms with Gasteiger partial charge in [-0.1, -0.05) is 97.1 Å². The summed E-state index contributed by atoms with van der Waals surface area (Å²) in [6, 6.07) is 34.6. The monoisotopic (exact) mass is 583 g/mol. The maximum Gasteiger partial charge on any atom is 0.264 e. The van der Waals surface area contributed by atoms with Crippen molar-refractivity contribution in [3.05, 3.63) is 132 Å². The normalized spacial score (nSPS) is 12.3. The molecule has 218 valence electrons. The van der Waals surface area contributed by atoms with Crippen molar-refractivity contribution < 1.29 is 18.0 Å². The van der Waals surface area contributed by atoms with Crippen LogP contribution in [0.5, 0.6) is 0 Å². The van der Waals surface area contributed by atoms with Gasteiger partial charge in [0.05, 0.1) is 10.6 Å². The van der Waals surface area contributed by atoms with Gasteiger partial charge in [0.1, 0.15) is 12.6 Å². The number of hydrogen-bond acceptors (Lipinski definition) is 4. The van der Waals surface area contributed by atoms with Gasteiger partial charge < -0.3 is 10.2 Å². The van der Waals surface area contributed by atoms with E-state index in [9.17, 15) is 18.0 Å². The van der Waals surface area contributed by atoms with Gasteiger partial charge in [0.25, 0.3) is 10.0 Å². The van der Waals surface area contributed by atoms with Crippen molar-refractivity contribution in [3.63, 3.8) is 0 Å². The molecule has 42 heavy (non-hydrogen) atoms. The second-order valence-electron chi connectivity index (χ2n) is 11.1. The number of carbonyl (C=O) groups is 2. The molecule has 0 saturated heterocycles. The number of rotatable bonds is 11. The first-order valence-corrected chi connectivity index (χ1v) is 15.3. The molecule has 1 atom stereocenters. The Morgan fingerprint density at radius 3 is 1.71 bits per heavy atom. The maximum atomic E-state index is 14.4. The zero-order valence-corrected chi connectivity index (χ0v) is 25.0. The fraction of sp³-hybridized carbons (Fsp3) is 0.235. The predicted molar refractivity (Wildman–Crippen MR) is 166 cm³/mol. The van der Waals surface area contributed by atoms with Crippen molar-refractivity contribution in [1.82, 2.24) is 10.2 Å². The average molecular weight is 584 g/mol. The van der Waals surface area contributed by atoms with Gasteiger partial charge in [-0.05, 0) is 56.2 Å². The Kier molecular flexibility index (Phi) is 9.80. The molecule has 4 aromatic carbocycles. The molecule has 0 aliphatic heterocycles. The molecular formula is C34H37N3O4S. The van der Waals surface area contributed by atoms with Crippen LogP contribution in [-0.4, -0.2) is 43.3 Å². The van der Waals surface area contributed by atoms with Gasteiger partial charge in [-0.25, -0.2) is 8.42 Å². The van der Waals surface area contributed by atoms with Crippen LogP contribution in [0.1, 0.15) is 31.9 Å². The minimum absolute atomic E-state index is 0.0718. The standard InChI is InChI=1S/C34H37N3O4S/c1-34(2,3)35-33(39)31(24-27-16-8-4-9-17-27)36(25-28-18-10-5-11-19-28)32(38)26-37(29-20-12-6-13-21-29)42(40,41)30-22-14-7-15-23-30/h4-23,31H,24-26H2,1-3H3,(H,35,39)/t31-/m0/s1. The van der Waals surface area contributed by atoms with E-state index in [0.717, 1.165) is 15.4 Å². The highest BCUT2D eigenvalue weighted by molar-refractivity contribution is 7.92. The van der Waals surface area contributed by atoms with Gasteiger partial charge in [-0.15, -0.1) is 0 Å². The van der Waals surface area contributed by atoms with Crippen LogP contribution in [0.4, 0.5) is 5.69 Å². The summed E-state index contributed by atoms with van der Waals surface area (Å²) < 4.78 is 28.9. The number of anilines is 1. The molecule has 1 N–H and O–H groups in total. The topological polar surface area (TPSA) is 86.8 Å². The largest absolute Gasteiger partial charge is 0.350 e. The van der Waals surface area contributed by atoms with Crippen molar-refractivity contribution in [1.29, 1.82) is 0 Å². The van der Waals surface area contributed by atoms with Crippen molar-refractivity contribution in [2.45, 2.75) is 50.2 Å². The fourth-order valence-electron chi connectivity index (χ4n) is 4.63. The molecule has 0 aliphatic rings. The number of hydrogen-bond donors (Lipinski definition) is 1. The number of nitrogens with one attached hydrogen (secondary N) is 1. The first-order valence-electron chi connectivity index (χ1n) is 13.9. The molecule has 0 unspecified atom stereocenters. The summed E-state index contributed by atoms with van der Waals surface area (Å²) >= 11 is 0. The Morgan fingerprint density at radius 1 is 0.714 bits per heavy atom. The van der Waals surface area contributed by atoms with E-state index in [1.165, 1.54) is 17.0 Å². The van der Waals surface area contributed by atoms with Gasteiger partial charge in [0.15, 0.2) is 0 Å². The third kappa shape index (κ3) is 8.07. The van der Waals surface area contributed by atoms with Crippen LogP contribution in [0.2, 0.25) is 0 Å². The molecule has 7 nitrogen and oxygen atoms in total. The van der Waals surface area contributed by atoms with Crippen LogP contribution >= 0.6 is 0 Å². The van der Waals surface area contributed by atoms with E-state index in [0.29, 0.717) is 5.69 Å². The summed E-state index contributed by atoms with van der Waals surface area (Å²) in [4.78, 5) is 29.8. The first kappa shape index (κ1) is 30.5. The Morgan fingerprint density at radius 2 is 1.19 bits per heavy atom. The van der Waals surface area contributed by atoms with Gasteiger partial charge in [-0.2, -0.15) is 0 Å². The van der Waals surface area contributed by atoms with Gasteiger partial charge in [0, 0.05) is 18.5 Å². The predicted octanol–water partition coefficient (Wildman–Crippen LogP) is 5.44. The van der Waals surface area contributed by atoms with Crippen LogP contribution in [0.15, 0.2) is 126 Å². The SMILES string of the molecule is CC(C)(C)NC(=O)[C@H](Cc1ccccc1)N(Cc1ccccc1)C(=O)CN(c1ccccc1)S(=O)(=O)c1ccccc1. The number of nitrogens with zero attached hydrogens (tertiary/aromatic N) is 2. The van der Waals surface area contributed by atoms with Crippen LogP contribution in [0.3, 0.4) is 0 Å². The molecule has 0 aromatic heterocycles. The summed E-state index contributed by atoms with van der Waals surface area (Å²) in [5.74, 6) is -0.806. The van der Waals surface area contributed by atoms with Crippen molar-refractivity contribution in [2.24, 2.45) is 0 Å². The van der Waals surface area contributed by atoms with E-state index in [1.807, 2.05) is 81.4 Å². The summed E-state index contributed by atoms with van der Waals surface area (Å²) in [5, 5.41) is 3.04. The highest BCUT2D eigenvalue weighted by Crippen LogP contribution is 2.25. The van der Waals surface area contributed by atoms with Crippen LogP contribution in [0, 0.1) is 0 Å². The van der Waals surface area contributed by atoms with E-state index < -0.39 is 34.1 Å². The van der Waals surface area contributed by atoms with Crippen molar-refractivity contribution in [2.75, 3.05) is 10.8 Å². The average Bonchev–Trinajstić information content (AvgIpc) is 2.98. The van der Waals surface area contributed by atoms with E-state index in [1.54, 1.807) is 48.5 Å². The van der Waals surface area contributed by atoms with Gasteiger partial charge >= 0.3 is 0 Å². The molecule has 0 bridgehead atoms. The van der Waals surface area contributed by atoms with Crippen LogP contribution in [0.25, 0.3) is 0 Å². The Balaban J connectivity index is 1.78. The molecule has 4 aromatic rings. The zero-order valence-electron chi connectivity index (χ0n) is 24.2. The Bertz CT molecular complexity index is 1560. The second kappa shape index (κ2) is 13.5. The second-order valence-corrected chi connectivity index (χ2v) is 13.0.